The standard InChI is InChI=1S/C20H17F4N7O3S/c1-29-19(26-27-28-29)35-16-3-2-11(31(33)34)8-13(16)18(32)25-17-14(21)9-12(10-15(17)22)30-6-4-20(23,24)5-7-30/h2-3,8-10H,4-7H2,1H3,(H,25,32). The zero-order valence-corrected chi connectivity index (χ0v) is 18.9. The van der Waals surface area contributed by atoms with Crippen LogP contribution in [0.3, 0.4) is 0 Å². The smallest absolute Gasteiger partial charge is 0.270 e. The van der Waals surface area contributed by atoms with E-state index >= 15 is 0 Å². The highest BCUT2D eigenvalue weighted by Crippen LogP contribution is 2.34. The summed E-state index contributed by atoms with van der Waals surface area (Å²) in [5, 5.41) is 24.5. The molecule has 35 heavy (non-hydrogen) atoms. The van der Waals surface area contributed by atoms with Gasteiger partial charge < -0.3 is 10.2 Å². The normalized spacial score (nSPS) is 15.2. The quantitative estimate of drug-likeness (QED) is 0.299. The third-order valence-corrected chi connectivity index (χ3v) is 6.43. The number of nitrogens with one attached hydrogen (secondary N) is 1. The molecule has 2 heterocycles. The molecule has 1 aliphatic rings. The van der Waals surface area contributed by atoms with Gasteiger partial charge in [0.25, 0.3) is 17.5 Å². The van der Waals surface area contributed by atoms with Crippen LogP contribution in [0, 0.1) is 21.7 Å². The number of nitro benzene ring substituents is 1. The maximum absolute atomic E-state index is 14.8. The number of nitrogens with zero attached hydrogens (tertiary/aromatic N) is 6. The van der Waals surface area contributed by atoms with Crippen molar-refractivity contribution in [2.75, 3.05) is 23.3 Å². The molecule has 1 N–H and O–H groups in total. The number of carbonyl (C=O) groups is 1. The van der Waals surface area contributed by atoms with Gasteiger partial charge >= 0.3 is 0 Å². The van der Waals surface area contributed by atoms with Gasteiger partial charge in [-0.15, -0.1) is 5.10 Å². The molecule has 0 spiro atoms. The first-order chi connectivity index (χ1) is 16.5. The van der Waals surface area contributed by atoms with E-state index < -0.39 is 52.6 Å². The van der Waals surface area contributed by atoms with Crippen molar-refractivity contribution in [2.45, 2.75) is 28.8 Å². The molecular weight excluding hydrogens is 494 g/mol. The lowest BCUT2D eigenvalue weighted by atomic mass is 10.1. The third-order valence-electron chi connectivity index (χ3n) is 5.33. The van der Waals surface area contributed by atoms with E-state index in [-0.39, 0.29) is 34.4 Å². The van der Waals surface area contributed by atoms with Crippen molar-refractivity contribution in [1.82, 2.24) is 20.2 Å². The maximum atomic E-state index is 14.8. The number of piperidine rings is 1. The Morgan fingerprint density at radius 1 is 1.17 bits per heavy atom. The van der Waals surface area contributed by atoms with Gasteiger partial charge in [0.05, 0.1) is 10.5 Å². The number of aromatic nitrogens is 4. The SMILES string of the molecule is Cn1nnnc1Sc1ccc([N+](=O)[O-])cc1C(=O)Nc1c(F)cc(N2CCC(F)(F)CC2)cc1F. The Bertz CT molecular complexity index is 1270. The van der Waals surface area contributed by atoms with Crippen molar-refractivity contribution in [1.29, 1.82) is 0 Å². The number of aryl methyl sites for hydroxylation is 1. The van der Waals surface area contributed by atoms with E-state index in [1.807, 2.05) is 0 Å². The van der Waals surface area contributed by atoms with Crippen molar-refractivity contribution < 1.29 is 27.3 Å². The Balaban J connectivity index is 1.61. The Hall–Kier alpha value is -3.75. The zero-order chi connectivity index (χ0) is 25.3. The molecule has 1 aromatic heterocycles. The van der Waals surface area contributed by atoms with Crippen molar-refractivity contribution in [3.63, 3.8) is 0 Å². The molecule has 0 bridgehead atoms. The highest BCUT2D eigenvalue weighted by atomic mass is 32.2. The number of non-ortho nitro benzene ring substituents is 1. The number of rotatable bonds is 6. The van der Waals surface area contributed by atoms with Crippen LogP contribution in [0.5, 0.6) is 0 Å². The molecule has 15 heteroatoms. The summed E-state index contributed by atoms with van der Waals surface area (Å²) < 4.78 is 57.7. The van der Waals surface area contributed by atoms with Crippen molar-refractivity contribution >= 4 is 34.7 Å². The fourth-order valence-corrected chi connectivity index (χ4v) is 4.28. The van der Waals surface area contributed by atoms with Gasteiger partial charge in [0, 0.05) is 55.7 Å². The Morgan fingerprint density at radius 2 is 1.83 bits per heavy atom. The van der Waals surface area contributed by atoms with Crippen LogP contribution in [0.15, 0.2) is 40.4 Å². The number of anilines is 2. The van der Waals surface area contributed by atoms with Gasteiger partial charge in [-0.2, -0.15) is 0 Å². The molecule has 184 valence electrons. The number of halogens is 4. The second-order valence-electron chi connectivity index (χ2n) is 7.71. The number of benzene rings is 2. The molecule has 1 aliphatic heterocycles. The van der Waals surface area contributed by atoms with Gasteiger partial charge in [-0.3, -0.25) is 14.9 Å². The number of amides is 1. The first-order valence-corrected chi connectivity index (χ1v) is 11.0. The van der Waals surface area contributed by atoms with E-state index in [2.05, 4.69) is 20.8 Å². The summed E-state index contributed by atoms with van der Waals surface area (Å²) in [6.45, 7) is -0.161. The predicted molar refractivity (Wildman–Crippen MR) is 117 cm³/mol. The second kappa shape index (κ2) is 9.48. The van der Waals surface area contributed by atoms with E-state index in [1.54, 1.807) is 7.05 Å². The van der Waals surface area contributed by atoms with Crippen molar-refractivity contribution in [3.8, 4) is 0 Å². The predicted octanol–water partition coefficient (Wildman–Crippen LogP) is 4.04. The van der Waals surface area contributed by atoms with Gasteiger partial charge in [-0.05, 0) is 40.4 Å². The molecule has 1 saturated heterocycles. The molecule has 0 unspecified atom stereocenters. The fourth-order valence-electron chi connectivity index (χ4n) is 3.44. The minimum absolute atomic E-state index is 0.0647. The number of hydrogen-bond donors (Lipinski definition) is 1. The molecular formula is C20H17F4N7O3S. The molecule has 1 fully saturated rings. The molecule has 3 aromatic rings. The van der Waals surface area contributed by atoms with Crippen LogP contribution >= 0.6 is 11.8 Å². The molecule has 1 amide bonds. The minimum Gasteiger partial charge on any atom is -0.371 e. The zero-order valence-electron chi connectivity index (χ0n) is 18.0. The molecule has 0 saturated carbocycles. The summed E-state index contributed by atoms with van der Waals surface area (Å²) in [4.78, 5) is 25.1. The van der Waals surface area contributed by atoms with Gasteiger partial charge in [0.2, 0.25) is 5.16 Å². The first-order valence-electron chi connectivity index (χ1n) is 10.2. The topological polar surface area (TPSA) is 119 Å². The lowest BCUT2D eigenvalue weighted by molar-refractivity contribution is -0.384. The first kappa shape index (κ1) is 24.4. The molecule has 0 radical (unpaired) electrons. The number of carbonyl (C=O) groups excluding carboxylic acids is 1. The number of nitro groups is 1. The largest absolute Gasteiger partial charge is 0.371 e. The number of hydrogen-bond acceptors (Lipinski definition) is 8. The lowest BCUT2D eigenvalue weighted by Gasteiger charge is -2.33. The summed E-state index contributed by atoms with van der Waals surface area (Å²) in [7, 11) is 1.54. The van der Waals surface area contributed by atoms with Crippen molar-refractivity contribution in [3.05, 3.63) is 57.6 Å². The van der Waals surface area contributed by atoms with Crippen LogP contribution in [-0.2, 0) is 7.05 Å². The molecule has 2 aromatic carbocycles. The van der Waals surface area contributed by atoms with Crippen LogP contribution in [0.1, 0.15) is 23.2 Å². The highest BCUT2D eigenvalue weighted by molar-refractivity contribution is 7.99. The van der Waals surface area contributed by atoms with Gasteiger partial charge in [-0.1, -0.05) is 0 Å². The summed E-state index contributed by atoms with van der Waals surface area (Å²) in [5.74, 6) is -6.07. The summed E-state index contributed by atoms with van der Waals surface area (Å²) in [6, 6.07) is 5.32. The summed E-state index contributed by atoms with van der Waals surface area (Å²) in [5.41, 5.74) is -1.35. The Labute approximate surface area is 199 Å². The molecule has 4 rings (SSSR count). The maximum Gasteiger partial charge on any atom is 0.270 e. The van der Waals surface area contributed by atoms with E-state index in [0.29, 0.717) is 0 Å². The van der Waals surface area contributed by atoms with E-state index in [1.165, 1.54) is 21.7 Å². The van der Waals surface area contributed by atoms with Gasteiger partial charge in [0.1, 0.15) is 5.69 Å². The van der Waals surface area contributed by atoms with Crippen LogP contribution in [-0.4, -0.2) is 50.0 Å². The van der Waals surface area contributed by atoms with Crippen LogP contribution in [0.25, 0.3) is 0 Å². The third kappa shape index (κ3) is 5.34. The fraction of sp³-hybridized carbons (Fsp3) is 0.300. The van der Waals surface area contributed by atoms with E-state index in [4.69, 9.17) is 0 Å². The lowest BCUT2D eigenvalue weighted by Crippen LogP contribution is -2.39. The average molecular weight is 511 g/mol. The van der Waals surface area contributed by atoms with Crippen LogP contribution < -0.4 is 10.2 Å². The number of tetrazole rings is 1. The van der Waals surface area contributed by atoms with Crippen LogP contribution in [0.4, 0.5) is 34.6 Å². The second-order valence-corrected chi connectivity index (χ2v) is 8.72. The highest BCUT2D eigenvalue weighted by Gasteiger charge is 2.34. The average Bonchev–Trinajstić information content (AvgIpc) is 3.20. The number of alkyl halides is 2. The minimum atomic E-state index is -2.82. The van der Waals surface area contributed by atoms with Gasteiger partial charge in [-0.25, -0.2) is 22.2 Å². The van der Waals surface area contributed by atoms with Gasteiger partial charge in [0.15, 0.2) is 11.6 Å². The Morgan fingerprint density at radius 3 is 2.40 bits per heavy atom. The Kier molecular flexibility index (Phi) is 6.60. The molecule has 0 atom stereocenters. The molecule has 10 nitrogen and oxygen atoms in total. The van der Waals surface area contributed by atoms with Crippen molar-refractivity contribution in [2.24, 2.45) is 7.05 Å². The molecule has 0 aliphatic carbocycles. The summed E-state index contributed by atoms with van der Waals surface area (Å²) >= 11 is 0.924. The van der Waals surface area contributed by atoms with E-state index in [9.17, 15) is 32.5 Å². The monoisotopic (exact) mass is 511 g/mol. The van der Waals surface area contributed by atoms with E-state index in [0.717, 1.165) is 30.0 Å². The summed E-state index contributed by atoms with van der Waals surface area (Å²) in [6.07, 6.45) is -0.883. The van der Waals surface area contributed by atoms with Crippen LogP contribution in [0.2, 0.25) is 0 Å².